The number of halogens is 5. The van der Waals surface area contributed by atoms with Gasteiger partial charge < -0.3 is 0 Å². The zero-order chi connectivity index (χ0) is 24.1. The number of rotatable bonds is 8. The molecule has 34 heavy (non-hydrogen) atoms. The second-order valence-corrected chi connectivity index (χ2v) is 9.99. The van der Waals surface area contributed by atoms with Gasteiger partial charge in [-0.05, 0) is 41.5 Å². The molecule has 0 radical (unpaired) electrons. The summed E-state index contributed by atoms with van der Waals surface area (Å²) in [5.41, 5.74) is 1.64. The molecule has 4 aromatic rings. The van der Waals surface area contributed by atoms with Crippen molar-refractivity contribution < 1.29 is 13.2 Å². The van der Waals surface area contributed by atoms with Crippen LogP contribution in [0.4, 0.5) is 13.2 Å². The summed E-state index contributed by atoms with van der Waals surface area (Å²) in [5.74, 6) is 2.21. The van der Waals surface area contributed by atoms with Gasteiger partial charge in [-0.2, -0.15) is 13.2 Å². The van der Waals surface area contributed by atoms with Crippen LogP contribution in [0.25, 0.3) is 5.69 Å². The smallest absolute Gasteiger partial charge is 0.273 e. The van der Waals surface area contributed by atoms with Gasteiger partial charge in [0.1, 0.15) is 5.82 Å². The number of aromatic nitrogens is 3. The summed E-state index contributed by atoms with van der Waals surface area (Å²) in [4.78, 5) is 0. The molecule has 0 atom stereocenters. The SMILES string of the molecule is FC(F)(F)c1cccc(CSc2nnc(CSCc3c(Cl)cccc3Cl)n2-c2ccccc2)c1. The number of hydrogen-bond donors (Lipinski definition) is 0. The van der Waals surface area contributed by atoms with E-state index in [1.807, 2.05) is 34.9 Å². The van der Waals surface area contributed by atoms with Gasteiger partial charge in [-0.15, -0.1) is 22.0 Å². The minimum atomic E-state index is -4.38. The van der Waals surface area contributed by atoms with Gasteiger partial charge in [0.25, 0.3) is 0 Å². The summed E-state index contributed by atoms with van der Waals surface area (Å²) in [7, 11) is 0. The van der Waals surface area contributed by atoms with E-state index in [9.17, 15) is 13.2 Å². The molecule has 3 nitrogen and oxygen atoms in total. The van der Waals surface area contributed by atoms with E-state index >= 15 is 0 Å². The van der Waals surface area contributed by atoms with E-state index < -0.39 is 11.7 Å². The monoisotopic (exact) mass is 539 g/mol. The van der Waals surface area contributed by atoms with Crippen molar-refractivity contribution in [2.75, 3.05) is 0 Å². The number of benzene rings is 3. The fourth-order valence-electron chi connectivity index (χ4n) is 3.22. The fourth-order valence-corrected chi connectivity index (χ4v) is 5.81. The highest BCUT2D eigenvalue weighted by atomic mass is 35.5. The fraction of sp³-hybridized carbons (Fsp3) is 0.167. The molecular weight excluding hydrogens is 522 g/mol. The molecule has 0 saturated heterocycles. The van der Waals surface area contributed by atoms with E-state index in [0.29, 0.717) is 38.0 Å². The third kappa shape index (κ3) is 6.10. The lowest BCUT2D eigenvalue weighted by Crippen LogP contribution is -2.05. The van der Waals surface area contributed by atoms with Crippen molar-refractivity contribution in [3.05, 3.63) is 105 Å². The van der Waals surface area contributed by atoms with Crippen LogP contribution in [-0.2, 0) is 23.4 Å². The van der Waals surface area contributed by atoms with Crippen LogP contribution in [0.3, 0.4) is 0 Å². The van der Waals surface area contributed by atoms with Gasteiger partial charge in [0.05, 0.1) is 11.3 Å². The van der Waals surface area contributed by atoms with E-state index in [1.54, 1.807) is 36.0 Å². The minimum absolute atomic E-state index is 0.331. The Morgan fingerprint density at radius 2 is 1.50 bits per heavy atom. The second kappa shape index (κ2) is 11.1. The van der Waals surface area contributed by atoms with Crippen molar-refractivity contribution in [3.8, 4) is 5.69 Å². The summed E-state index contributed by atoms with van der Waals surface area (Å²) >= 11 is 15.5. The van der Waals surface area contributed by atoms with Crippen LogP contribution >= 0.6 is 46.7 Å². The van der Waals surface area contributed by atoms with E-state index in [0.717, 1.165) is 23.1 Å². The molecular formula is C24H18Cl2F3N3S2. The van der Waals surface area contributed by atoms with E-state index in [1.165, 1.54) is 23.9 Å². The average Bonchev–Trinajstić information content (AvgIpc) is 3.22. The third-order valence-electron chi connectivity index (χ3n) is 4.88. The van der Waals surface area contributed by atoms with Crippen LogP contribution < -0.4 is 0 Å². The molecule has 0 aliphatic heterocycles. The van der Waals surface area contributed by atoms with Gasteiger partial charge in [-0.25, -0.2) is 0 Å². The van der Waals surface area contributed by atoms with Crippen molar-refractivity contribution in [2.45, 2.75) is 28.6 Å². The maximum absolute atomic E-state index is 13.1. The Morgan fingerprint density at radius 3 is 2.21 bits per heavy atom. The lowest BCUT2D eigenvalue weighted by molar-refractivity contribution is -0.137. The summed E-state index contributed by atoms with van der Waals surface area (Å²) < 4.78 is 41.1. The van der Waals surface area contributed by atoms with Crippen LogP contribution in [0.5, 0.6) is 0 Å². The van der Waals surface area contributed by atoms with Crippen molar-refractivity contribution in [1.29, 1.82) is 0 Å². The summed E-state index contributed by atoms with van der Waals surface area (Å²) in [6, 6.07) is 20.4. The van der Waals surface area contributed by atoms with Crippen LogP contribution in [0.2, 0.25) is 10.0 Å². The highest BCUT2D eigenvalue weighted by molar-refractivity contribution is 7.98. The first kappa shape index (κ1) is 25.0. The maximum Gasteiger partial charge on any atom is 0.416 e. The molecule has 0 unspecified atom stereocenters. The molecule has 0 spiro atoms. The van der Waals surface area contributed by atoms with Crippen molar-refractivity contribution in [3.63, 3.8) is 0 Å². The van der Waals surface area contributed by atoms with Crippen LogP contribution in [0.1, 0.15) is 22.5 Å². The largest absolute Gasteiger partial charge is 0.416 e. The first-order valence-corrected chi connectivity index (χ1v) is 13.0. The Hall–Kier alpha value is -2.13. The standard InChI is InChI=1S/C24H18Cl2F3N3S2/c25-20-10-5-11-21(26)19(20)14-33-15-22-30-31-23(32(22)18-8-2-1-3-9-18)34-13-16-6-4-7-17(12-16)24(27,28)29/h1-12H,13-15H2. The molecule has 4 rings (SSSR count). The van der Waals surface area contributed by atoms with Crippen LogP contribution in [0.15, 0.2) is 78.0 Å². The van der Waals surface area contributed by atoms with Gasteiger partial charge in [0, 0.05) is 27.2 Å². The molecule has 3 aromatic carbocycles. The highest BCUT2D eigenvalue weighted by Gasteiger charge is 2.30. The van der Waals surface area contributed by atoms with Gasteiger partial charge >= 0.3 is 6.18 Å². The summed E-state index contributed by atoms with van der Waals surface area (Å²) in [6.45, 7) is 0. The second-order valence-electron chi connectivity index (χ2n) is 7.25. The van der Waals surface area contributed by atoms with Crippen molar-refractivity contribution in [1.82, 2.24) is 14.8 Å². The van der Waals surface area contributed by atoms with Gasteiger partial charge in [-0.1, -0.05) is 77.4 Å². The number of alkyl halides is 3. The lowest BCUT2D eigenvalue weighted by Gasteiger charge is -2.11. The number of para-hydroxylation sites is 1. The quantitative estimate of drug-likeness (QED) is 0.210. The summed E-state index contributed by atoms with van der Waals surface area (Å²) in [6.07, 6.45) is -4.38. The predicted octanol–water partition coefficient (Wildman–Crippen LogP) is 8.32. The molecule has 1 heterocycles. The third-order valence-corrected chi connectivity index (χ3v) is 7.54. The predicted molar refractivity (Wildman–Crippen MR) is 134 cm³/mol. The first-order chi connectivity index (χ1) is 16.3. The Labute approximate surface area is 213 Å². The van der Waals surface area contributed by atoms with E-state index in [4.69, 9.17) is 23.2 Å². The number of hydrogen-bond acceptors (Lipinski definition) is 4. The molecule has 10 heteroatoms. The molecule has 0 bridgehead atoms. The molecule has 0 N–H and O–H groups in total. The van der Waals surface area contributed by atoms with Crippen molar-refractivity contribution >= 4 is 46.7 Å². The van der Waals surface area contributed by atoms with Gasteiger partial charge in [0.15, 0.2) is 5.16 Å². The highest BCUT2D eigenvalue weighted by Crippen LogP contribution is 2.33. The maximum atomic E-state index is 13.1. The summed E-state index contributed by atoms with van der Waals surface area (Å²) in [5, 5.41) is 10.5. The first-order valence-electron chi connectivity index (χ1n) is 10.1. The minimum Gasteiger partial charge on any atom is -0.273 e. The number of thioether (sulfide) groups is 2. The molecule has 0 aliphatic carbocycles. The van der Waals surface area contributed by atoms with Crippen LogP contribution in [-0.4, -0.2) is 14.8 Å². The Bertz CT molecular complexity index is 1240. The zero-order valence-electron chi connectivity index (χ0n) is 17.6. The Morgan fingerprint density at radius 1 is 0.794 bits per heavy atom. The molecule has 0 aliphatic rings. The normalized spacial score (nSPS) is 11.7. The molecule has 1 aromatic heterocycles. The van der Waals surface area contributed by atoms with E-state index in [-0.39, 0.29) is 0 Å². The molecule has 0 saturated carbocycles. The molecule has 0 fully saturated rings. The zero-order valence-corrected chi connectivity index (χ0v) is 20.7. The Kier molecular flexibility index (Phi) is 8.14. The average molecular weight is 540 g/mol. The topological polar surface area (TPSA) is 30.7 Å². The van der Waals surface area contributed by atoms with Gasteiger partial charge in [-0.3, -0.25) is 4.57 Å². The molecule has 176 valence electrons. The van der Waals surface area contributed by atoms with E-state index in [2.05, 4.69) is 10.2 Å². The van der Waals surface area contributed by atoms with Gasteiger partial charge in [0.2, 0.25) is 0 Å². The lowest BCUT2D eigenvalue weighted by atomic mass is 10.1. The molecule has 0 amide bonds. The van der Waals surface area contributed by atoms with Crippen LogP contribution in [0, 0.1) is 0 Å². The van der Waals surface area contributed by atoms with Crippen molar-refractivity contribution in [2.24, 2.45) is 0 Å². The number of nitrogens with zero attached hydrogens (tertiary/aromatic N) is 3. The Balaban J connectivity index is 1.53.